The van der Waals surface area contributed by atoms with Crippen molar-refractivity contribution < 1.29 is 0 Å². The molecule has 0 radical (unpaired) electrons. The molecule has 1 atom stereocenters. The Morgan fingerprint density at radius 2 is 2.42 bits per heavy atom. The summed E-state index contributed by atoms with van der Waals surface area (Å²) in [6, 6.07) is 0. The van der Waals surface area contributed by atoms with Gasteiger partial charge < -0.3 is 0 Å². The molecule has 3 heteroatoms. The first-order valence-electron chi connectivity index (χ1n) is 4.66. The third-order valence-corrected chi connectivity index (χ3v) is 2.58. The molecule has 0 spiro atoms. The second-order valence-corrected chi connectivity index (χ2v) is 3.63. The van der Waals surface area contributed by atoms with E-state index in [1.807, 2.05) is 7.05 Å². The minimum atomic E-state index is 0.617. The van der Waals surface area contributed by atoms with Crippen molar-refractivity contribution in [1.82, 2.24) is 14.8 Å². The monoisotopic (exact) mass is 165 g/mol. The van der Waals surface area contributed by atoms with Gasteiger partial charge in [-0.2, -0.15) is 5.10 Å². The van der Waals surface area contributed by atoms with Crippen LogP contribution in [0.1, 0.15) is 37.9 Å². The summed E-state index contributed by atoms with van der Waals surface area (Å²) in [6.45, 7) is 2.22. The molecular formula is C9H15N3. The maximum atomic E-state index is 4.35. The summed E-state index contributed by atoms with van der Waals surface area (Å²) in [4.78, 5) is 4.30. The van der Waals surface area contributed by atoms with Crippen molar-refractivity contribution in [3.63, 3.8) is 0 Å². The Morgan fingerprint density at radius 3 is 2.83 bits per heavy atom. The van der Waals surface area contributed by atoms with E-state index in [1.54, 1.807) is 11.0 Å². The lowest BCUT2D eigenvalue weighted by molar-refractivity contribution is 0.547. The summed E-state index contributed by atoms with van der Waals surface area (Å²) >= 11 is 0. The summed E-state index contributed by atoms with van der Waals surface area (Å²) in [5.41, 5.74) is 0. The average molecular weight is 165 g/mol. The van der Waals surface area contributed by atoms with Crippen LogP contribution in [-0.2, 0) is 7.05 Å². The van der Waals surface area contributed by atoms with Gasteiger partial charge in [0.15, 0.2) is 5.82 Å². The van der Waals surface area contributed by atoms with E-state index in [-0.39, 0.29) is 0 Å². The van der Waals surface area contributed by atoms with Crippen molar-refractivity contribution in [2.45, 2.75) is 32.1 Å². The van der Waals surface area contributed by atoms with Crippen molar-refractivity contribution in [2.24, 2.45) is 13.0 Å². The molecular weight excluding hydrogens is 150 g/mol. The summed E-state index contributed by atoms with van der Waals surface area (Å²) in [5, 5.41) is 4.35. The first kappa shape index (κ1) is 7.77. The fraction of sp³-hybridized carbons (Fsp3) is 0.778. The van der Waals surface area contributed by atoms with Crippen molar-refractivity contribution >= 4 is 0 Å². The molecule has 0 aliphatic heterocycles. The zero-order valence-corrected chi connectivity index (χ0v) is 7.70. The number of aryl methyl sites for hydroxylation is 1. The van der Waals surface area contributed by atoms with E-state index in [0.717, 1.165) is 11.7 Å². The molecule has 0 aromatic carbocycles. The molecule has 0 N–H and O–H groups in total. The van der Waals surface area contributed by atoms with Gasteiger partial charge in [0.05, 0.1) is 0 Å². The molecule has 1 heterocycles. The minimum Gasteiger partial charge on any atom is -0.256 e. The van der Waals surface area contributed by atoms with Gasteiger partial charge in [-0.05, 0) is 25.2 Å². The third-order valence-electron chi connectivity index (χ3n) is 2.58. The SMILES string of the molecule is CCC(c1ncn(C)n1)C1CC1. The van der Waals surface area contributed by atoms with Gasteiger partial charge in [0.25, 0.3) is 0 Å². The minimum absolute atomic E-state index is 0.617. The Balaban J connectivity index is 2.15. The van der Waals surface area contributed by atoms with E-state index in [9.17, 15) is 0 Å². The highest BCUT2D eigenvalue weighted by molar-refractivity contribution is 5.00. The first-order valence-corrected chi connectivity index (χ1v) is 4.66. The van der Waals surface area contributed by atoms with Crippen molar-refractivity contribution in [3.8, 4) is 0 Å². The highest BCUT2D eigenvalue weighted by Gasteiger charge is 2.33. The van der Waals surface area contributed by atoms with Gasteiger partial charge in [-0.15, -0.1) is 0 Å². The van der Waals surface area contributed by atoms with E-state index in [1.165, 1.54) is 19.3 Å². The fourth-order valence-corrected chi connectivity index (χ4v) is 1.75. The van der Waals surface area contributed by atoms with Crippen LogP contribution in [0.15, 0.2) is 6.33 Å². The molecule has 1 fully saturated rings. The van der Waals surface area contributed by atoms with E-state index in [2.05, 4.69) is 17.0 Å². The molecule has 1 unspecified atom stereocenters. The highest BCUT2D eigenvalue weighted by Crippen LogP contribution is 2.43. The molecule has 0 bridgehead atoms. The van der Waals surface area contributed by atoms with Crippen molar-refractivity contribution in [2.75, 3.05) is 0 Å². The Hall–Kier alpha value is -0.860. The smallest absolute Gasteiger partial charge is 0.153 e. The van der Waals surface area contributed by atoms with Gasteiger partial charge in [0.2, 0.25) is 0 Å². The van der Waals surface area contributed by atoms with Gasteiger partial charge in [-0.1, -0.05) is 6.92 Å². The molecule has 66 valence electrons. The van der Waals surface area contributed by atoms with Crippen molar-refractivity contribution in [1.29, 1.82) is 0 Å². The summed E-state index contributed by atoms with van der Waals surface area (Å²) in [6.07, 6.45) is 5.71. The van der Waals surface area contributed by atoms with Gasteiger partial charge >= 0.3 is 0 Å². The van der Waals surface area contributed by atoms with Crippen LogP contribution in [0.25, 0.3) is 0 Å². The topological polar surface area (TPSA) is 30.7 Å². The Labute approximate surface area is 72.8 Å². The summed E-state index contributed by atoms with van der Waals surface area (Å²) < 4.78 is 1.79. The van der Waals surface area contributed by atoms with Gasteiger partial charge in [0.1, 0.15) is 6.33 Å². The van der Waals surface area contributed by atoms with E-state index >= 15 is 0 Å². The number of hydrogen-bond acceptors (Lipinski definition) is 2. The quantitative estimate of drug-likeness (QED) is 0.682. The maximum absolute atomic E-state index is 4.35. The van der Waals surface area contributed by atoms with Crippen LogP contribution >= 0.6 is 0 Å². The van der Waals surface area contributed by atoms with E-state index < -0.39 is 0 Å². The second kappa shape index (κ2) is 2.88. The third kappa shape index (κ3) is 1.36. The lowest BCUT2D eigenvalue weighted by Gasteiger charge is -2.07. The van der Waals surface area contributed by atoms with Gasteiger partial charge in [-0.25, -0.2) is 4.98 Å². The summed E-state index contributed by atoms with van der Waals surface area (Å²) in [5.74, 6) is 2.53. The molecule has 0 amide bonds. The van der Waals surface area contributed by atoms with Crippen LogP contribution in [-0.4, -0.2) is 14.8 Å². The van der Waals surface area contributed by atoms with Gasteiger partial charge in [-0.3, -0.25) is 4.68 Å². The first-order chi connectivity index (χ1) is 5.81. The predicted octanol–water partition coefficient (Wildman–Crippen LogP) is 1.72. The normalized spacial score (nSPS) is 19.5. The van der Waals surface area contributed by atoms with Crippen LogP contribution in [0.2, 0.25) is 0 Å². The zero-order valence-electron chi connectivity index (χ0n) is 7.70. The second-order valence-electron chi connectivity index (χ2n) is 3.63. The maximum Gasteiger partial charge on any atom is 0.153 e. The van der Waals surface area contributed by atoms with E-state index in [4.69, 9.17) is 0 Å². The highest BCUT2D eigenvalue weighted by atomic mass is 15.3. The molecule has 1 aromatic rings. The molecule has 2 rings (SSSR count). The molecule has 1 aliphatic carbocycles. The predicted molar refractivity (Wildman–Crippen MR) is 46.8 cm³/mol. The lowest BCUT2D eigenvalue weighted by Crippen LogP contribution is -2.03. The molecule has 1 saturated carbocycles. The Bertz CT molecular complexity index is 262. The number of rotatable bonds is 3. The average Bonchev–Trinajstić information content (AvgIpc) is 2.78. The number of hydrogen-bond donors (Lipinski definition) is 0. The van der Waals surface area contributed by atoms with Crippen LogP contribution in [0.4, 0.5) is 0 Å². The number of nitrogens with zero attached hydrogens (tertiary/aromatic N) is 3. The molecule has 3 nitrogen and oxygen atoms in total. The lowest BCUT2D eigenvalue weighted by atomic mass is 10.0. The van der Waals surface area contributed by atoms with Crippen LogP contribution in [0.5, 0.6) is 0 Å². The van der Waals surface area contributed by atoms with Crippen LogP contribution in [0, 0.1) is 5.92 Å². The molecule has 12 heavy (non-hydrogen) atoms. The molecule has 1 aromatic heterocycles. The van der Waals surface area contributed by atoms with Crippen molar-refractivity contribution in [3.05, 3.63) is 12.2 Å². The number of aromatic nitrogens is 3. The largest absolute Gasteiger partial charge is 0.256 e. The molecule has 0 saturated heterocycles. The standard InChI is InChI=1S/C9H15N3/c1-3-8(7-4-5-7)9-10-6-12(2)11-9/h6-8H,3-5H2,1-2H3. The van der Waals surface area contributed by atoms with Crippen LogP contribution < -0.4 is 0 Å². The zero-order chi connectivity index (χ0) is 8.55. The van der Waals surface area contributed by atoms with E-state index in [0.29, 0.717) is 5.92 Å². The van der Waals surface area contributed by atoms with Gasteiger partial charge in [0, 0.05) is 13.0 Å². The van der Waals surface area contributed by atoms with Crippen LogP contribution in [0.3, 0.4) is 0 Å². The molecule has 1 aliphatic rings. The fourth-order valence-electron chi connectivity index (χ4n) is 1.75. The Kier molecular flexibility index (Phi) is 1.87. The Morgan fingerprint density at radius 1 is 1.67 bits per heavy atom. The summed E-state index contributed by atoms with van der Waals surface area (Å²) in [7, 11) is 1.93.